The first-order valence-corrected chi connectivity index (χ1v) is 6.16. The number of hydrogen-bond donors (Lipinski definition) is 1. The fourth-order valence-electron chi connectivity index (χ4n) is 1.51. The molecule has 0 saturated heterocycles. The van der Waals surface area contributed by atoms with Crippen molar-refractivity contribution in [1.82, 2.24) is 10.2 Å². The van der Waals surface area contributed by atoms with Crippen LogP contribution in [0.25, 0.3) is 0 Å². The largest absolute Gasteiger partial charge is 0.356 e. The van der Waals surface area contributed by atoms with E-state index in [1.807, 2.05) is 13.0 Å². The Morgan fingerprint density at radius 3 is 2.78 bits per heavy atom. The van der Waals surface area contributed by atoms with Crippen LogP contribution in [0.1, 0.15) is 16.1 Å². The van der Waals surface area contributed by atoms with Crippen LogP contribution in [0, 0.1) is 24.0 Å². The van der Waals surface area contributed by atoms with Gasteiger partial charge in [-0.2, -0.15) is 0 Å². The third-order valence-corrected chi connectivity index (χ3v) is 3.24. The van der Waals surface area contributed by atoms with Gasteiger partial charge in [-0.15, -0.1) is 10.2 Å². The molecule has 0 fully saturated rings. The molecule has 0 aliphatic rings. The molecule has 0 amide bonds. The van der Waals surface area contributed by atoms with Gasteiger partial charge in [-0.25, -0.2) is 0 Å². The van der Waals surface area contributed by atoms with E-state index in [-0.39, 0.29) is 10.6 Å². The summed E-state index contributed by atoms with van der Waals surface area (Å²) in [5.41, 5.74) is 1.65. The summed E-state index contributed by atoms with van der Waals surface area (Å²) in [5.74, 6) is 0. The lowest BCUT2D eigenvalue weighted by atomic mass is 10.1. The van der Waals surface area contributed by atoms with Gasteiger partial charge < -0.3 is 5.32 Å². The molecular formula is C11H12N4O2S. The zero-order valence-corrected chi connectivity index (χ0v) is 10.8. The van der Waals surface area contributed by atoms with Gasteiger partial charge in [0, 0.05) is 18.2 Å². The molecule has 0 atom stereocenters. The summed E-state index contributed by atoms with van der Waals surface area (Å²) in [6.45, 7) is 4.10. The monoisotopic (exact) mass is 264 g/mol. The third-order valence-electron chi connectivity index (χ3n) is 2.44. The van der Waals surface area contributed by atoms with Crippen molar-refractivity contribution in [3.8, 4) is 0 Å². The van der Waals surface area contributed by atoms with Crippen molar-refractivity contribution < 1.29 is 4.92 Å². The molecule has 2 rings (SSSR count). The van der Waals surface area contributed by atoms with Crippen LogP contribution < -0.4 is 5.32 Å². The number of anilines is 1. The Morgan fingerprint density at radius 1 is 1.39 bits per heavy atom. The summed E-state index contributed by atoms with van der Waals surface area (Å²) in [6, 6.07) is 5.19. The minimum Gasteiger partial charge on any atom is -0.356 e. The Kier molecular flexibility index (Phi) is 3.52. The minimum absolute atomic E-state index is 0.141. The molecule has 0 bridgehead atoms. The number of aryl methyl sites for hydroxylation is 2. The average Bonchev–Trinajstić information content (AvgIpc) is 2.74. The molecule has 2 aromatic rings. The molecule has 18 heavy (non-hydrogen) atoms. The molecule has 0 saturated carbocycles. The summed E-state index contributed by atoms with van der Waals surface area (Å²) in [7, 11) is 0. The van der Waals surface area contributed by atoms with Gasteiger partial charge in [0.2, 0.25) is 5.13 Å². The zero-order chi connectivity index (χ0) is 13.1. The van der Waals surface area contributed by atoms with Crippen molar-refractivity contribution in [3.05, 3.63) is 44.4 Å². The number of nitrogens with zero attached hydrogens (tertiary/aromatic N) is 3. The second kappa shape index (κ2) is 5.09. The number of nitro groups is 1. The van der Waals surface area contributed by atoms with Crippen molar-refractivity contribution in [2.45, 2.75) is 20.4 Å². The van der Waals surface area contributed by atoms with E-state index in [0.717, 1.165) is 15.7 Å². The maximum Gasteiger partial charge on any atom is 0.272 e. The highest BCUT2D eigenvalue weighted by Gasteiger charge is 2.11. The first-order valence-electron chi connectivity index (χ1n) is 5.34. The third kappa shape index (κ3) is 2.80. The van der Waals surface area contributed by atoms with E-state index in [0.29, 0.717) is 12.1 Å². The summed E-state index contributed by atoms with van der Waals surface area (Å²) in [4.78, 5) is 10.4. The molecule has 1 aromatic heterocycles. The predicted octanol–water partition coefficient (Wildman–Crippen LogP) is 2.68. The van der Waals surface area contributed by atoms with Crippen molar-refractivity contribution in [2.24, 2.45) is 0 Å². The van der Waals surface area contributed by atoms with E-state index in [1.54, 1.807) is 19.1 Å². The topological polar surface area (TPSA) is 81.0 Å². The van der Waals surface area contributed by atoms with Gasteiger partial charge in [0.05, 0.1) is 4.92 Å². The zero-order valence-electron chi connectivity index (χ0n) is 10.0. The Hall–Kier alpha value is -2.02. The Labute approximate surface area is 108 Å². The highest BCUT2D eigenvalue weighted by Crippen LogP contribution is 2.20. The summed E-state index contributed by atoms with van der Waals surface area (Å²) in [5, 5.41) is 23.3. The molecular weight excluding hydrogens is 252 g/mol. The van der Waals surface area contributed by atoms with Crippen LogP contribution in [0.5, 0.6) is 0 Å². The quantitative estimate of drug-likeness (QED) is 0.678. The van der Waals surface area contributed by atoms with Crippen LogP contribution in [0.2, 0.25) is 0 Å². The standard InChI is InChI=1S/C11H12N4O2S/c1-7-3-4-9(5-10(7)15(16)17)6-12-11-14-13-8(2)18-11/h3-5H,6H2,1-2H3,(H,12,14). The minimum atomic E-state index is -0.367. The summed E-state index contributed by atoms with van der Waals surface area (Å²) < 4.78 is 0. The van der Waals surface area contributed by atoms with E-state index in [1.165, 1.54) is 11.3 Å². The lowest BCUT2D eigenvalue weighted by molar-refractivity contribution is -0.385. The number of benzene rings is 1. The van der Waals surface area contributed by atoms with Crippen LogP contribution in [-0.4, -0.2) is 15.1 Å². The van der Waals surface area contributed by atoms with Crippen LogP contribution >= 0.6 is 11.3 Å². The number of nitro benzene ring substituents is 1. The second-order valence-electron chi connectivity index (χ2n) is 3.86. The lowest BCUT2D eigenvalue weighted by Gasteiger charge is -2.03. The van der Waals surface area contributed by atoms with Crippen molar-refractivity contribution >= 4 is 22.2 Å². The first-order chi connectivity index (χ1) is 8.56. The number of nitrogens with one attached hydrogen (secondary N) is 1. The van der Waals surface area contributed by atoms with Gasteiger partial charge in [-0.3, -0.25) is 10.1 Å². The molecule has 0 aliphatic carbocycles. The van der Waals surface area contributed by atoms with Gasteiger partial charge in [0.1, 0.15) is 5.01 Å². The van der Waals surface area contributed by atoms with Crippen molar-refractivity contribution in [1.29, 1.82) is 0 Å². The van der Waals surface area contributed by atoms with E-state index >= 15 is 0 Å². The van der Waals surface area contributed by atoms with Gasteiger partial charge >= 0.3 is 0 Å². The normalized spacial score (nSPS) is 10.3. The van der Waals surface area contributed by atoms with Crippen LogP contribution in [0.4, 0.5) is 10.8 Å². The highest BCUT2D eigenvalue weighted by atomic mass is 32.1. The fraction of sp³-hybridized carbons (Fsp3) is 0.273. The fourth-order valence-corrected chi connectivity index (χ4v) is 2.09. The molecule has 0 aliphatic heterocycles. The lowest BCUT2D eigenvalue weighted by Crippen LogP contribution is -2.00. The number of rotatable bonds is 4. The second-order valence-corrected chi connectivity index (χ2v) is 5.04. The number of hydrogen-bond acceptors (Lipinski definition) is 6. The van der Waals surface area contributed by atoms with Gasteiger partial charge in [-0.05, 0) is 19.4 Å². The maximum atomic E-state index is 10.8. The Balaban J connectivity index is 2.10. The molecule has 1 N–H and O–H groups in total. The van der Waals surface area contributed by atoms with E-state index in [2.05, 4.69) is 15.5 Å². The SMILES string of the molecule is Cc1nnc(NCc2ccc(C)c([N+](=O)[O-])c2)s1. The molecule has 1 aromatic carbocycles. The molecule has 94 valence electrons. The number of aromatic nitrogens is 2. The molecule has 0 unspecified atom stereocenters. The molecule has 0 radical (unpaired) electrons. The Morgan fingerprint density at radius 2 is 2.17 bits per heavy atom. The Bertz CT molecular complexity index is 582. The van der Waals surface area contributed by atoms with E-state index < -0.39 is 0 Å². The highest BCUT2D eigenvalue weighted by molar-refractivity contribution is 7.15. The molecule has 6 nitrogen and oxygen atoms in total. The smallest absolute Gasteiger partial charge is 0.272 e. The van der Waals surface area contributed by atoms with Crippen molar-refractivity contribution in [2.75, 3.05) is 5.32 Å². The average molecular weight is 264 g/mol. The summed E-state index contributed by atoms with van der Waals surface area (Å²) in [6.07, 6.45) is 0. The first kappa shape index (κ1) is 12.4. The van der Waals surface area contributed by atoms with Gasteiger partial charge in [0.15, 0.2) is 0 Å². The maximum absolute atomic E-state index is 10.8. The van der Waals surface area contributed by atoms with E-state index in [9.17, 15) is 10.1 Å². The predicted molar refractivity (Wildman–Crippen MR) is 69.8 cm³/mol. The van der Waals surface area contributed by atoms with Crippen LogP contribution in [0.15, 0.2) is 18.2 Å². The van der Waals surface area contributed by atoms with Gasteiger partial charge in [-0.1, -0.05) is 23.5 Å². The molecule has 0 spiro atoms. The van der Waals surface area contributed by atoms with E-state index in [4.69, 9.17) is 0 Å². The van der Waals surface area contributed by atoms with Crippen LogP contribution in [-0.2, 0) is 6.54 Å². The molecule has 1 heterocycles. The van der Waals surface area contributed by atoms with Gasteiger partial charge in [0.25, 0.3) is 5.69 Å². The van der Waals surface area contributed by atoms with Crippen molar-refractivity contribution in [3.63, 3.8) is 0 Å². The summed E-state index contributed by atoms with van der Waals surface area (Å²) >= 11 is 1.45. The van der Waals surface area contributed by atoms with Crippen LogP contribution in [0.3, 0.4) is 0 Å². The molecule has 7 heteroatoms.